The smallest absolute Gasteiger partial charge is 0.153 e. The zero-order valence-corrected chi connectivity index (χ0v) is 9.04. The Balaban J connectivity index is 3.00. The predicted molar refractivity (Wildman–Crippen MR) is 58.7 cm³/mol. The van der Waals surface area contributed by atoms with Crippen LogP contribution >= 0.6 is 34.8 Å². The summed E-state index contributed by atoms with van der Waals surface area (Å²) in [5, 5.41) is 1.76. The number of aldehydes is 1. The standard InChI is InChI=1S/C9H4Cl3NO/c10-5-1-2-6(11)8-7(5)4(3-14)9(12)13-8/h1-3,13H. The van der Waals surface area contributed by atoms with Gasteiger partial charge in [-0.2, -0.15) is 0 Å². The van der Waals surface area contributed by atoms with Crippen LogP contribution in [0.3, 0.4) is 0 Å². The van der Waals surface area contributed by atoms with Crippen molar-refractivity contribution in [2.75, 3.05) is 0 Å². The molecule has 0 radical (unpaired) electrons. The summed E-state index contributed by atoms with van der Waals surface area (Å²) in [5.74, 6) is 0. The highest BCUT2D eigenvalue weighted by molar-refractivity contribution is 6.43. The van der Waals surface area contributed by atoms with Gasteiger partial charge in [0.15, 0.2) is 6.29 Å². The number of carbonyl (C=O) groups is 1. The summed E-state index contributed by atoms with van der Waals surface area (Å²) in [6.07, 6.45) is 0.656. The van der Waals surface area contributed by atoms with Crippen molar-refractivity contribution >= 4 is 52.0 Å². The number of benzene rings is 1. The highest BCUT2D eigenvalue weighted by Gasteiger charge is 2.14. The number of hydrogen-bond donors (Lipinski definition) is 1. The summed E-state index contributed by atoms with van der Waals surface area (Å²) < 4.78 is 0. The van der Waals surface area contributed by atoms with Crippen LogP contribution in [0.5, 0.6) is 0 Å². The van der Waals surface area contributed by atoms with Gasteiger partial charge >= 0.3 is 0 Å². The molecule has 0 fully saturated rings. The normalized spacial score (nSPS) is 10.8. The van der Waals surface area contributed by atoms with Crippen LogP contribution < -0.4 is 0 Å². The number of nitrogens with one attached hydrogen (secondary N) is 1. The van der Waals surface area contributed by atoms with E-state index in [9.17, 15) is 4.79 Å². The summed E-state index contributed by atoms with van der Waals surface area (Å²) in [6.45, 7) is 0. The van der Waals surface area contributed by atoms with Gasteiger partial charge in [-0.05, 0) is 12.1 Å². The maximum absolute atomic E-state index is 10.8. The predicted octanol–water partition coefficient (Wildman–Crippen LogP) is 3.94. The van der Waals surface area contributed by atoms with Crippen LogP contribution in [0.25, 0.3) is 10.9 Å². The number of aromatic amines is 1. The molecule has 0 unspecified atom stereocenters. The lowest BCUT2D eigenvalue weighted by Gasteiger charge is -1.96. The molecule has 1 N–H and O–H groups in total. The van der Waals surface area contributed by atoms with Gasteiger partial charge in [0.25, 0.3) is 0 Å². The van der Waals surface area contributed by atoms with Gasteiger partial charge in [-0.1, -0.05) is 34.8 Å². The van der Waals surface area contributed by atoms with Crippen LogP contribution in [0.1, 0.15) is 10.4 Å². The molecule has 0 amide bonds. The Hall–Kier alpha value is -0.700. The van der Waals surface area contributed by atoms with Crippen LogP contribution in [-0.4, -0.2) is 11.3 Å². The molecule has 2 nitrogen and oxygen atoms in total. The number of carbonyl (C=O) groups excluding carboxylic acids is 1. The lowest BCUT2D eigenvalue weighted by atomic mass is 10.2. The van der Waals surface area contributed by atoms with Crippen LogP contribution in [0, 0.1) is 0 Å². The first-order valence-electron chi connectivity index (χ1n) is 3.75. The van der Waals surface area contributed by atoms with Crippen molar-refractivity contribution in [1.82, 2.24) is 4.98 Å². The molecule has 1 aromatic carbocycles. The zero-order valence-electron chi connectivity index (χ0n) is 6.77. The topological polar surface area (TPSA) is 32.9 Å². The number of halogens is 3. The number of rotatable bonds is 1. The molecule has 2 aromatic rings. The van der Waals surface area contributed by atoms with E-state index in [0.29, 0.717) is 32.8 Å². The molecule has 14 heavy (non-hydrogen) atoms. The Morgan fingerprint density at radius 1 is 1.14 bits per heavy atom. The second kappa shape index (κ2) is 3.46. The third-order valence-electron chi connectivity index (χ3n) is 1.96. The highest BCUT2D eigenvalue weighted by Crippen LogP contribution is 2.34. The molecule has 1 aromatic heterocycles. The molecule has 0 aliphatic carbocycles. The van der Waals surface area contributed by atoms with E-state index in [0.717, 1.165) is 0 Å². The minimum absolute atomic E-state index is 0.255. The molecule has 72 valence electrons. The van der Waals surface area contributed by atoms with Crippen LogP contribution in [0.15, 0.2) is 12.1 Å². The van der Waals surface area contributed by atoms with Gasteiger partial charge in [0, 0.05) is 5.39 Å². The molecule has 2 rings (SSSR count). The summed E-state index contributed by atoms with van der Waals surface area (Å²) in [6, 6.07) is 3.27. The lowest BCUT2D eigenvalue weighted by Crippen LogP contribution is -1.78. The van der Waals surface area contributed by atoms with E-state index in [1.165, 1.54) is 0 Å². The maximum atomic E-state index is 10.8. The maximum Gasteiger partial charge on any atom is 0.153 e. The summed E-state index contributed by atoms with van der Waals surface area (Å²) in [7, 11) is 0. The molecule has 0 saturated carbocycles. The minimum Gasteiger partial charge on any atom is -0.344 e. The Labute approximate surface area is 94.8 Å². The number of H-pyrrole nitrogens is 1. The minimum atomic E-state index is 0.255. The monoisotopic (exact) mass is 247 g/mol. The fourth-order valence-electron chi connectivity index (χ4n) is 1.33. The summed E-state index contributed by atoms with van der Waals surface area (Å²) in [5.41, 5.74) is 0.931. The third kappa shape index (κ3) is 1.31. The van der Waals surface area contributed by atoms with Crippen molar-refractivity contribution in [1.29, 1.82) is 0 Å². The molecular formula is C9H4Cl3NO. The van der Waals surface area contributed by atoms with Gasteiger partial charge in [-0.15, -0.1) is 0 Å². The molecule has 0 saturated heterocycles. The lowest BCUT2D eigenvalue weighted by molar-refractivity contribution is 0.112. The molecule has 0 atom stereocenters. The van der Waals surface area contributed by atoms with Crippen molar-refractivity contribution in [2.45, 2.75) is 0 Å². The molecular weight excluding hydrogens is 244 g/mol. The second-order valence-corrected chi connectivity index (χ2v) is 3.94. The number of fused-ring (bicyclic) bond motifs is 1. The number of aromatic nitrogens is 1. The first-order chi connectivity index (χ1) is 6.65. The summed E-state index contributed by atoms with van der Waals surface area (Å²) in [4.78, 5) is 13.6. The van der Waals surface area contributed by atoms with Crippen molar-refractivity contribution in [2.24, 2.45) is 0 Å². The van der Waals surface area contributed by atoms with Crippen molar-refractivity contribution in [3.63, 3.8) is 0 Å². The average Bonchev–Trinajstić information content (AvgIpc) is 2.50. The Morgan fingerprint density at radius 2 is 1.79 bits per heavy atom. The molecule has 0 aliphatic heterocycles. The first kappa shape index (κ1) is 9.84. The van der Waals surface area contributed by atoms with Crippen molar-refractivity contribution in [3.05, 3.63) is 32.9 Å². The van der Waals surface area contributed by atoms with Crippen LogP contribution in [0.4, 0.5) is 0 Å². The van der Waals surface area contributed by atoms with E-state index in [4.69, 9.17) is 34.8 Å². The van der Waals surface area contributed by atoms with Crippen molar-refractivity contribution < 1.29 is 4.79 Å². The van der Waals surface area contributed by atoms with Gasteiger partial charge in [-0.3, -0.25) is 4.79 Å². The van der Waals surface area contributed by atoms with E-state index in [2.05, 4.69) is 4.98 Å². The molecule has 5 heteroatoms. The van der Waals surface area contributed by atoms with Crippen LogP contribution in [-0.2, 0) is 0 Å². The molecule has 0 bridgehead atoms. The van der Waals surface area contributed by atoms with E-state index < -0.39 is 0 Å². The fraction of sp³-hybridized carbons (Fsp3) is 0. The van der Waals surface area contributed by atoms with Gasteiger partial charge < -0.3 is 4.98 Å². The number of hydrogen-bond acceptors (Lipinski definition) is 1. The molecule has 0 aliphatic rings. The van der Waals surface area contributed by atoms with Gasteiger partial charge in [0.05, 0.1) is 21.1 Å². The first-order valence-corrected chi connectivity index (χ1v) is 4.89. The Bertz CT molecular complexity index is 518. The van der Waals surface area contributed by atoms with Crippen LogP contribution in [0.2, 0.25) is 15.2 Å². The van der Waals surface area contributed by atoms with E-state index in [1.54, 1.807) is 12.1 Å². The Morgan fingerprint density at radius 3 is 2.43 bits per heavy atom. The largest absolute Gasteiger partial charge is 0.344 e. The zero-order chi connectivity index (χ0) is 10.3. The summed E-state index contributed by atoms with van der Waals surface area (Å²) >= 11 is 17.6. The Kier molecular flexibility index (Phi) is 2.43. The van der Waals surface area contributed by atoms with Gasteiger partial charge in [0.1, 0.15) is 5.15 Å². The average molecular weight is 248 g/mol. The molecule has 1 heterocycles. The molecule has 0 spiro atoms. The van der Waals surface area contributed by atoms with Gasteiger partial charge in [-0.25, -0.2) is 0 Å². The quantitative estimate of drug-likeness (QED) is 0.762. The third-order valence-corrected chi connectivity index (χ3v) is 2.89. The van der Waals surface area contributed by atoms with Gasteiger partial charge in [0.2, 0.25) is 0 Å². The SMILES string of the molecule is O=Cc1c(Cl)[nH]c2c(Cl)ccc(Cl)c12. The fourth-order valence-corrected chi connectivity index (χ4v) is 2.03. The van der Waals surface area contributed by atoms with E-state index in [-0.39, 0.29) is 5.15 Å². The second-order valence-electron chi connectivity index (χ2n) is 2.75. The highest BCUT2D eigenvalue weighted by atomic mass is 35.5. The van der Waals surface area contributed by atoms with Crippen molar-refractivity contribution in [3.8, 4) is 0 Å². The van der Waals surface area contributed by atoms with E-state index >= 15 is 0 Å². The van der Waals surface area contributed by atoms with E-state index in [1.807, 2.05) is 0 Å².